The minimum absolute atomic E-state index is 0.215. The first-order valence-electron chi connectivity index (χ1n) is 8.79. The summed E-state index contributed by atoms with van der Waals surface area (Å²) in [6.45, 7) is 2.89. The van der Waals surface area contributed by atoms with Crippen LogP contribution in [0, 0.1) is 0 Å². The fraction of sp³-hybridized carbons (Fsp3) is 0.588. The van der Waals surface area contributed by atoms with E-state index in [2.05, 4.69) is 28.2 Å². The Balaban J connectivity index is 1.50. The summed E-state index contributed by atoms with van der Waals surface area (Å²) in [6, 6.07) is 7.52. The second kappa shape index (κ2) is 6.68. The second-order valence-electron chi connectivity index (χ2n) is 7.10. The van der Waals surface area contributed by atoms with E-state index in [1.54, 1.807) is 4.90 Å². The molecule has 0 radical (unpaired) electrons. The predicted molar refractivity (Wildman–Crippen MR) is 99.9 cm³/mol. The monoisotopic (exact) mass is 381 g/mol. The van der Waals surface area contributed by atoms with E-state index in [0.29, 0.717) is 17.4 Å². The summed E-state index contributed by atoms with van der Waals surface area (Å²) in [6.07, 6.45) is 5.46. The summed E-state index contributed by atoms with van der Waals surface area (Å²) < 4.78 is 9.93. The first-order valence-corrected chi connectivity index (χ1v) is 10.9. The third-order valence-corrected chi connectivity index (χ3v) is 6.79. The van der Waals surface area contributed by atoms with E-state index in [9.17, 15) is 14.6 Å². The van der Waals surface area contributed by atoms with Crippen molar-refractivity contribution < 1.29 is 14.6 Å². The van der Waals surface area contributed by atoms with Gasteiger partial charge in [0.05, 0.1) is 0 Å². The fourth-order valence-electron chi connectivity index (χ4n) is 4.24. The topological polar surface area (TPSA) is 67.2 Å². The molecule has 25 heavy (non-hydrogen) atoms. The average Bonchev–Trinajstić information content (AvgIpc) is 3.05. The second-order valence-corrected chi connectivity index (χ2v) is 8.83. The molecule has 3 aliphatic rings. The van der Waals surface area contributed by atoms with Crippen molar-refractivity contribution in [1.82, 2.24) is 9.37 Å². The van der Waals surface area contributed by atoms with Crippen molar-refractivity contribution in [1.29, 1.82) is 0 Å². The Bertz CT molecular complexity index is 687. The molecule has 0 aromatic heterocycles. The van der Waals surface area contributed by atoms with Gasteiger partial charge in [-0.2, -0.15) is 0 Å². The van der Waals surface area contributed by atoms with Crippen LogP contribution < -0.4 is 4.90 Å². The van der Waals surface area contributed by atoms with Crippen LogP contribution in [0.2, 0.25) is 0 Å². The van der Waals surface area contributed by atoms with Gasteiger partial charge in [-0.25, -0.2) is 0 Å². The van der Waals surface area contributed by atoms with E-state index in [-0.39, 0.29) is 11.4 Å². The van der Waals surface area contributed by atoms with E-state index >= 15 is 0 Å². The molecule has 8 heteroatoms. The van der Waals surface area contributed by atoms with Crippen LogP contribution in [0.25, 0.3) is 0 Å². The maximum absolute atomic E-state index is 12.5. The van der Waals surface area contributed by atoms with E-state index in [4.69, 9.17) is 0 Å². The van der Waals surface area contributed by atoms with Crippen molar-refractivity contribution >= 4 is 32.7 Å². The van der Waals surface area contributed by atoms with Crippen LogP contribution in [0.1, 0.15) is 37.7 Å². The molecule has 2 saturated heterocycles. The van der Waals surface area contributed by atoms with Gasteiger partial charge >= 0.3 is 0 Å². The fourth-order valence-corrected chi connectivity index (χ4v) is 4.96. The number of benzene rings is 1. The summed E-state index contributed by atoms with van der Waals surface area (Å²) in [4.78, 5) is 16.8. The molecule has 1 aromatic carbocycles. The molecule has 3 fully saturated rings. The highest BCUT2D eigenvalue weighted by atomic mass is 32.8. The van der Waals surface area contributed by atoms with Gasteiger partial charge in [0.1, 0.15) is 16.0 Å². The van der Waals surface area contributed by atoms with E-state index in [0.717, 1.165) is 5.69 Å². The number of nitrogens with zero attached hydrogens (tertiary/aromatic N) is 3. The highest BCUT2D eigenvalue weighted by Gasteiger charge is 2.49. The Hall–Kier alpha value is -0.900. The molecule has 0 bridgehead atoms. The summed E-state index contributed by atoms with van der Waals surface area (Å²) in [5, 5.41) is 9.78. The predicted octanol–water partition coefficient (Wildman–Crippen LogP) is 2.04. The molecule has 1 aromatic rings. The molecule has 0 spiro atoms. The zero-order valence-corrected chi connectivity index (χ0v) is 15.6. The third kappa shape index (κ3) is 3.05. The van der Waals surface area contributed by atoms with Gasteiger partial charge < -0.3 is 14.7 Å². The lowest BCUT2D eigenvalue weighted by Crippen LogP contribution is -2.40. The van der Waals surface area contributed by atoms with Crippen molar-refractivity contribution in [3.8, 4) is 0 Å². The van der Waals surface area contributed by atoms with Crippen LogP contribution in [0.3, 0.4) is 0 Å². The first kappa shape index (κ1) is 17.5. The average molecular weight is 382 g/mol. The number of amides is 1. The lowest BCUT2D eigenvalue weighted by atomic mass is 10.0. The van der Waals surface area contributed by atoms with Crippen LogP contribution in [-0.2, 0) is 31.4 Å². The van der Waals surface area contributed by atoms with E-state index in [1.165, 1.54) is 44.3 Å². The number of hydroxylamine groups is 1. The molecular weight excluding hydrogens is 358 g/mol. The first-order chi connectivity index (χ1) is 12.0. The maximum atomic E-state index is 12.5. The van der Waals surface area contributed by atoms with Crippen molar-refractivity contribution in [2.24, 2.45) is 0 Å². The molecular formula is C17H23N3O3S2. The van der Waals surface area contributed by atoms with Crippen LogP contribution >= 0.6 is 0 Å². The Labute approximate surface area is 154 Å². The standard InChI is InChI=1S/C17H23N3O3S2/c21-16-15(20(22)25(23)24)7-12-19(16)14-5-3-13(4-6-14)17(8-9-17)18-10-1-2-11-18/h3-6,15,22H,1-2,7-12H2,(H,23,24). The smallest absolute Gasteiger partial charge is 0.247 e. The quantitative estimate of drug-likeness (QED) is 0.761. The van der Waals surface area contributed by atoms with Gasteiger partial charge in [0.25, 0.3) is 0 Å². The normalized spacial score (nSPS) is 27.2. The zero-order valence-electron chi connectivity index (χ0n) is 14.0. The number of likely N-dealkylation sites (tertiary alicyclic amines) is 1. The van der Waals surface area contributed by atoms with Gasteiger partial charge in [-0.1, -0.05) is 16.6 Å². The van der Waals surface area contributed by atoms with Crippen molar-refractivity contribution in [3.63, 3.8) is 0 Å². The third-order valence-electron chi connectivity index (χ3n) is 5.76. The van der Waals surface area contributed by atoms with Gasteiger partial charge in [0, 0.05) is 17.8 Å². The number of carbonyl (C=O) groups is 1. The van der Waals surface area contributed by atoms with Gasteiger partial charge in [0.15, 0.2) is 0 Å². The number of hydrogen-bond donors (Lipinski definition) is 2. The molecule has 136 valence electrons. The summed E-state index contributed by atoms with van der Waals surface area (Å²) >= 11 is 4.65. The van der Waals surface area contributed by atoms with Crippen molar-refractivity contribution in [2.75, 3.05) is 24.5 Å². The van der Waals surface area contributed by atoms with Crippen molar-refractivity contribution in [2.45, 2.75) is 43.7 Å². The summed E-state index contributed by atoms with van der Waals surface area (Å²) in [5.74, 6) is -0.215. The molecule has 1 aliphatic carbocycles. The highest BCUT2D eigenvalue weighted by Crippen LogP contribution is 2.52. The maximum Gasteiger partial charge on any atom is 0.247 e. The molecule has 2 atom stereocenters. The lowest BCUT2D eigenvalue weighted by Gasteiger charge is -2.28. The van der Waals surface area contributed by atoms with Gasteiger partial charge in [-0.05, 0) is 74.1 Å². The Morgan fingerprint density at radius 1 is 1.16 bits per heavy atom. The summed E-state index contributed by atoms with van der Waals surface area (Å²) in [5.41, 5.74) is 2.40. The Morgan fingerprint density at radius 3 is 2.36 bits per heavy atom. The number of hydrogen-bond acceptors (Lipinski definition) is 4. The molecule has 2 aliphatic heterocycles. The summed E-state index contributed by atoms with van der Waals surface area (Å²) in [7, 11) is -1.73. The lowest BCUT2D eigenvalue weighted by molar-refractivity contribution is -0.128. The largest absolute Gasteiger partial charge is 0.314 e. The zero-order chi connectivity index (χ0) is 17.6. The number of anilines is 1. The SMILES string of the molecule is O=C1C(N(O)S(O)=S)CCN1c1ccc(C2(N3CCCC3)CC2)cc1. The molecule has 1 amide bonds. The minimum Gasteiger partial charge on any atom is -0.314 e. The van der Waals surface area contributed by atoms with Crippen LogP contribution in [-0.4, -0.2) is 50.7 Å². The number of carbonyl (C=O) groups excluding carboxylic acids is 1. The minimum atomic E-state index is -1.73. The number of rotatable bonds is 5. The van der Waals surface area contributed by atoms with Gasteiger partial charge in [0.2, 0.25) is 5.91 Å². The molecule has 2 N–H and O–H groups in total. The molecule has 6 nitrogen and oxygen atoms in total. The Morgan fingerprint density at radius 2 is 1.80 bits per heavy atom. The Kier molecular flexibility index (Phi) is 4.68. The van der Waals surface area contributed by atoms with E-state index < -0.39 is 16.0 Å². The molecule has 1 saturated carbocycles. The van der Waals surface area contributed by atoms with Crippen LogP contribution in [0.4, 0.5) is 5.69 Å². The highest BCUT2D eigenvalue weighted by molar-refractivity contribution is 8.24. The van der Waals surface area contributed by atoms with Gasteiger partial charge in [-0.3, -0.25) is 9.69 Å². The molecule has 2 heterocycles. The van der Waals surface area contributed by atoms with Crippen molar-refractivity contribution in [3.05, 3.63) is 29.8 Å². The van der Waals surface area contributed by atoms with E-state index in [1.807, 2.05) is 12.1 Å². The molecule has 2 unspecified atom stereocenters. The van der Waals surface area contributed by atoms with Crippen LogP contribution in [0.5, 0.6) is 0 Å². The van der Waals surface area contributed by atoms with Gasteiger partial charge in [-0.15, -0.1) is 0 Å². The molecule has 4 rings (SSSR count). The van der Waals surface area contributed by atoms with Crippen LogP contribution in [0.15, 0.2) is 24.3 Å².